The number of hydrogen-bond donors (Lipinski definition) is 1. The lowest BCUT2D eigenvalue weighted by Crippen LogP contribution is -2.03. The van der Waals surface area contributed by atoms with Crippen LogP contribution in [0, 0.1) is 0 Å². The smallest absolute Gasteiger partial charge is 0.307 e. The molecule has 2 rings (SSSR count). The summed E-state index contributed by atoms with van der Waals surface area (Å²) in [5.74, 6) is -0.875. The number of carboxylic acid groups (broad SMARTS) is 1. The minimum atomic E-state index is -0.875. The maximum Gasteiger partial charge on any atom is 0.307 e. The molecule has 0 spiro atoms. The SMILES string of the molecule is Cn1ncc2cc(Cl)cc(CC(=O)O)c21. The Kier molecular flexibility index (Phi) is 2.36. The molecule has 0 aliphatic heterocycles. The van der Waals surface area contributed by atoms with Crippen molar-refractivity contribution in [2.75, 3.05) is 0 Å². The summed E-state index contributed by atoms with van der Waals surface area (Å²) in [4.78, 5) is 10.7. The molecule has 15 heavy (non-hydrogen) atoms. The summed E-state index contributed by atoms with van der Waals surface area (Å²) in [6, 6.07) is 3.44. The number of aryl methyl sites for hydroxylation is 1. The number of aliphatic carboxylic acids is 1. The van der Waals surface area contributed by atoms with Crippen LogP contribution in [0.2, 0.25) is 5.02 Å². The molecule has 0 amide bonds. The van der Waals surface area contributed by atoms with E-state index in [4.69, 9.17) is 16.7 Å². The average Bonchev–Trinajstić information content (AvgIpc) is 2.46. The Balaban J connectivity index is 2.68. The van der Waals surface area contributed by atoms with Crippen molar-refractivity contribution < 1.29 is 9.90 Å². The quantitative estimate of drug-likeness (QED) is 0.847. The molecule has 78 valence electrons. The zero-order valence-electron chi connectivity index (χ0n) is 8.07. The van der Waals surface area contributed by atoms with Crippen LogP contribution >= 0.6 is 11.6 Å². The van der Waals surface area contributed by atoms with Gasteiger partial charge in [0.15, 0.2) is 0 Å². The third-order valence-corrected chi connectivity index (χ3v) is 2.44. The van der Waals surface area contributed by atoms with E-state index in [1.807, 2.05) is 0 Å². The zero-order valence-corrected chi connectivity index (χ0v) is 8.82. The molecule has 1 aromatic carbocycles. The van der Waals surface area contributed by atoms with Gasteiger partial charge >= 0.3 is 5.97 Å². The van der Waals surface area contributed by atoms with Gasteiger partial charge in [0.25, 0.3) is 0 Å². The molecule has 0 atom stereocenters. The van der Waals surface area contributed by atoms with E-state index in [1.165, 1.54) is 0 Å². The molecule has 0 aliphatic carbocycles. The average molecular weight is 225 g/mol. The highest BCUT2D eigenvalue weighted by Crippen LogP contribution is 2.23. The molecular weight excluding hydrogens is 216 g/mol. The molecule has 2 aromatic rings. The molecular formula is C10H9ClN2O2. The van der Waals surface area contributed by atoms with Crippen LogP contribution in [-0.2, 0) is 18.3 Å². The van der Waals surface area contributed by atoms with Crippen molar-refractivity contribution in [1.82, 2.24) is 9.78 Å². The van der Waals surface area contributed by atoms with Crippen molar-refractivity contribution in [3.05, 3.63) is 28.9 Å². The van der Waals surface area contributed by atoms with E-state index in [0.717, 1.165) is 10.9 Å². The summed E-state index contributed by atoms with van der Waals surface area (Å²) in [7, 11) is 1.78. The summed E-state index contributed by atoms with van der Waals surface area (Å²) in [6.45, 7) is 0. The summed E-state index contributed by atoms with van der Waals surface area (Å²) in [5, 5.41) is 14.2. The van der Waals surface area contributed by atoms with Gasteiger partial charge in [0, 0.05) is 17.5 Å². The van der Waals surface area contributed by atoms with Crippen LogP contribution in [0.3, 0.4) is 0 Å². The maximum atomic E-state index is 10.7. The molecule has 0 radical (unpaired) electrons. The molecule has 0 saturated carbocycles. The van der Waals surface area contributed by atoms with E-state index < -0.39 is 5.97 Å². The van der Waals surface area contributed by atoms with Crippen molar-refractivity contribution >= 4 is 28.5 Å². The highest BCUT2D eigenvalue weighted by molar-refractivity contribution is 6.31. The van der Waals surface area contributed by atoms with Crippen LogP contribution in [0.15, 0.2) is 18.3 Å². The van der Waals surface area contributed by atoms with E-state index in [0.29, 0.717) is 10.6 Å². The molecule has 4 nitrogen and oxygen atoms in total. The van der Waals surface area contributed by atoms with Crippen molar-refractivity contribution in [3.8, 4) is 0 Å². The van der Waals surface area contributed by atoms with Crippen molar-refractivity contribution in [1.29, 1.82) is 0 Å². The van der Waals surface area contributed by atoms with Crippen LogP contribution < -0.4 is 0 Å². The van der Waals surface area contributed by atoms with Gasteiger partial charge in [-0.2, -0.15) is 5.10 Å². The van der Waals surface area contributed by atoms with Gasteiger partial charge in [0.1, 0.15) is 0 Å². The monoisotopic (exact) mass is 224 g/mol. The first-order chi connectivity index (χ1) is 7.08. The molecule has 0 bridgehead atoms. The lowest BCUT2D eigenvalue weighted by atomic mass is 10.1. The molecule has 0 saturated heterocycles. The fourth-order valence-electron chi connectivity index (χ4n) is 1.68. The van der Waals surface area contributed by atoms with Crippen LogP contribution in [0.1, 0.15) is 5.56 Å². The van der Waals surface area contributed by atoms with Gasteiger partial charge in [0.2, 0.25) is 0 Å². The van der Waals surface area contributed by atoms with Gasteiger partial charge in [-0.1, -0.05) is 11.6 Å². The number of hydrogen-bond acceptors (Lipinski definition) is 2. The maximum absolute atomic E-state index is 10.7. The normalized spacial score (nSPS) is 10.8. The highest BCUT2D eigenvalue weighted by Gasteiger charge is 2.10. The lowest BCUT2D eigenvalue weighted by Gasteiger charge is -2.03. The second-order valence-electron chi connectivity index (χ2n) is 3.34. The first-order valence-electron chi connectivity index (χ1n) is 4.40. The third-order valence-electron chi connectivity index (χ3n) is 2.22. The third kappa shape index (κ3) is 1.80. The fourth-order valence-corrected chi connectivity index (χ4v) is 1.93. The van der Waals surface area contributed by atoms with Gasteiger partial charge in [-0.3, -0.25) is 9.48 Å². The summed E-state index contributed by atoms with van der Waals surface area (Å²) in [6.07, 6.45) is 1.63. The van der Waals surface area contributed by atoms with Gasteiger partial charge in [-0.05, 0) is 17.7 Å². The van der Waals surface area contributed by atoms with Crippen LogP contribution in [-0.4, -0.2) is 20.9 Å². The molecule has 0 aliphatic rings. The molecule has 1 aromatic heterocycles. The predicted octanol–water partition coefficient (Wildman–Crippen LogP) is 1.85. The molecule has 1 N–H and O–H groups in total. The first-order valence-corrected chi connectivity index (χ1v) is 4.77. The number of halogens is 1. The number of benzene rings is 1. The molecule has 0 unspecified atom stereocenters. The molecule has 0 fully saturated rings. The number of aromatic nitrogens is 2. The van der Waals surface area contributed by atoms with Gasteiger partial charge in [-0.15, -0.1) is 0 Å². The van der Waals surface area contributed by atoms with Crippen LogP contribution in [0.4, 0.5) is 0 Å². The zero-order chi connectivity index (χ0) is 11.0. The number of rotatable bonds is 2. The standard InChI is InChI=1S/C10H9ClN2O2/c1-13-10-6(4-9(14)15)2-8(11)3-7(10)5-12-13/h2-3,5H,4H2,1H3,(H,14,15). The van der Waals surface area contributed by atoms with Gasteiger partial charge < -0.3 is 5.11 Å². The van der Waals surface area contributed by atoms with Gasteiger partial charge in [-0.25, -0.2) is 0 Å². The Morgan fingerprint density at radius 1 is 1.60 bits per heavy atom. The van der Waals surface area contributed by atoms with Crippen molar-refractivity contribution in [3.63, 3.8) is 0 Å². The van der Waals surface area contributed by atoms with E-state index >= 15 is 0 Å². The predicted molar refractivity (Wildman–Crippen MR) is 57.1 cm³/mol. The minimum absolute atomic E-state index is 0.0450. The summed E-state index contributed by atoms with van der Waals surface area (Å²) >= 11 is 5.89. The second-order valence-corrected chi connectivity index (χ2v) is 3.78. The Labute approximate surface area is 91.1 Å². The number of fused-ring (bicyclic) bond motifs is 1. The Hall–Kier alpha value is -1.55. The molecule has 5 heteroatoms. The van der Waals surface area contributed by atoms with E-state index in [-0.39, 0.29) is 6.42 Å². The van der Waals surface area contributed by atoms with Crippen LogP contribution in [0.25, 0.3) is 10.9 Å². The minimum Gasteiger partial charge on any atom is -0.481 e. The van der Waals surface area contributed by atoms with E-state index in [1.54, 1.807) is 30.1 Å². The van der Waals surface area contributed by atoms with Crippen molar-refractivity contribution in [2.24, 2.45) is 7.05 Å². The largest absolute Gasteiger partial charge is 0.481 e. The van der Waals surface area contributed by atoms with Crippen molar-refractivity contribution in [2.45, 2.75) is 6.42 Å². The lowest BCUT2D eigenvalue weighted by molar-refractivity contribution is -0.136. The Morgan fingerprint density at radius 3 is 3.00 bits per heavy atom. The van der Waals surface area contributed by atoms with Crippen LogP contribution in [0.5, 0.6) is 0 Å². The number of carbonyl (C=O) groups is 1. The first kappa shape index (κ1) is 9.98. The van der Waals surface area contributed by atoms with Gasteiger partial charge in [0.05, 0.1) is 18.1 Å². The number of nitrogens with zero attached hydrogens (tertiary/aromatic N) is 2. The Bertz CT molecular complexity index is 533. The topological polar surface area (TPSA) is 55.1 Å². The summed E-state index contributed by atoms with van der Waals surface area (Å²) < 4.78 is 1.66. The Morgan fingerprint density at radius 2 is 2.33 bits per heavy atom. The second kappa shape index (κ2) is 3.55. The van der Waals surface area contributed by atoms with E-state index in [2.05, 4.69) is 5.10 Å². The fraction of sp³-hybridized carbons (Fsp3) is 0.200. The number of carboxylic acids is 1. The summed E-state index contributed by atoms with van der Waals surface area (Å²) in [5.41, 5.74) is 1.51. The highest BCUT2D eigenvalue weighted by atomic mass is 35.5. The van der Waals surface area contributed by atoms with E-state index in [9.17, 15) is 4.79 Å². The molecule has 1 heterocycles.